The number of aromatic nitrogens is 2. The van der Waals surface area contributed by atoms with Crippen molar-refractivity contribution in [1.82, 2.24) is 9.78 Å². The summed E-state index contributed by atoms with van der Waals surface area (Å²) in [7, 11) is 0. The summed E-state index contributed by atoms with van der Waals surface area (Å²) in [5.41, 5.74) is 1.27. The van der Waals surface area contributed by atoms with E-state index in [0.717, 1.165) is 0 Å². The molecule has 0 bridgehead atoms. The van der Waals surface area contributed by atoms with Gasteiger partial charge in [-0.3, -0.25) is 10.1 Å². The minimum atomic E-state index is -0.445. The van der Waals surface area contributed by atoms with Crippen LogP contribution in [0.1, 0.15) is 0 Å². The largest absolute Gasteiger partial charge is 0.280 e. The molecule has 0 atom stereocenters. The van der Waals surface area contributed by atoms with Crippen molar-refractivity contribution >= 4 is 16.6 Å². The highest BCUT2D eigenvalue weighted by molar-refractivity contribution is 5.88. The number of nitro groups is 1. The van der Waals surface area contributed by atoms with Gasteiger partial charge in [0.05, 0.1) is 27.7 Å². The smallest absolute Gasteiger partial charge is 0.258 e. The highest BCUT2D eigenvalue weighted by Crippen LogP contribution is 2.26. The van der Waals surface area contributed by atoms with Crippen molar-refractivity contribution in [2.75, 3.05) is 0 Å². The van der Waals surface area contributed by atoms with E-state index in [1.165, 1.54) is 24.4 Å². The van der Waals surface area contributed by atoms with Crippen LogP contribution < -0.4 is 0 Å². The zero-order valence-electron chi connectivity index (χ0n) is 9.65. The fourth-order valence-electron chi connectivity index (χ4n) is 1.98. The molecule has 0 radical (unpaired) electrons. The van der Waals surface area contributed by atoms with Gasteiger partial charge in [-0.2, -0.15) is 5.10 Å². The first-order chi connectivity index (χ1) is 9.16. The summed E-state index contributed by atoms with van der Waals surface area (Å²) >= 11 is 0. The summed E-state index contributed by atoms with van der Waals surface area (Å²) in [6.07, 6.45) is 1.44. The van der Waals surface area contributed by atoms with Crippen LogP contribution in [0.25, 0.3) is 16.6 Å². The normalized spacial score (nSPS) is 10.8. The van der Waals surface area contributed by atoms with Crippen molar-refractivity contribution in [3.8, 4) is 5.69 Å². The van der Waals surface area contributed by atoms with E-state index in [1.54, 1.807) is 28.9 Å². The van der Waals surface area contributed by atoms with E-state index in [0.29, 0.717) is 16.6 Å². The van der Waals surface area contributed by atoms with Gasteiger partial charge in [0.2, 0.25) is 0 Å². The molecule has 0 N–H and O–H groups in total. The number of rotatable bonds is 2. The van der Waals surface area contributed by atoms with Gasteiger partial charge in [0.15, 0.2) is 0 Å². The minimum absolute atomic E-state index is 0.00543. The van der Waals surface area contributed by atoms with E-state index in [9.17, 15) is 14.5 Å². The lowest BCUT2D eigenvalue weighted by Gasteiger charge is -2.03. The number of non-ortho nitro benzene ring substituents is 1. The van der Waals surface area contributed by atoms with Crippen LogP contribution in [0, 0.1) is 15.9 Å². The first-order valence-corrected chi connectivity index (χ1v) is 5.54. The number of hydrogen-bond donors (Lipinski definition) is 0. The van der Waals surface area contributed by atoms with Gasteiger partial charge in [0.25, 0.3) is 5.69 Å². The molecule has 0 spiro atoms. The van der Waals surface area contributed by atoms with Crippen LogP contribution in [-0.2, 0) is 0 Å². The van der Waals surface area contributed by atoms with Crippen LogP contribution in [0.4, 0.5) is 10.1 Å². The number of halogens is 1. The number of hydrogen-bond acceptors (Lipinski definition) is 3. The number of benzene rings is 2. The first kappa shape index (κ1) is 11.3. The van der Waals surface area contributed by atoms with Crippen molar-refractivity contribution in [2.45, 2.75) is 0 Å². The van der Waals surface area contributed by atoms with Gasteiger partial charge in [0, 0.05) is 6.07 Å². The van der Waals surface area contributed by atoms with Gasteiger partial charge in [-0.15, -0.1) is 0 Å². The van der Waals surface area contributed by atoms with Crippen LogP contribution in [0.15, 0.2) is 48.7 Å². The SMILES string of the molecule is O=[N+]([O-])c1cccc2c1cnn2-c1ccc(F)cc1. The standard InChI is InChI=1S/C13H8FN3O2/c14-9-4-6-10(7-5-9)16-12-2-1-3-13(17(18)19)11(12)8-15-16/h1-8H. The molecule has 0 aliphatic rings. The average Bonchev–Trinajstić information content (AvgIpc) is 2.83. The Hall–Kier alpha value is -2.76. The van der Waals surface area contributed by atoms with Crippen molar-refractivity contribution < 1.29 is 9.31 Å². The van der Waals surface area contributed by atoms with Crippen LogP contribution in [0.2, 0.25) is 0 Å². The molecule has 3 aromatic rings. The molecular weight excluding hydrogens is 249 g/mol. The third-order valence-electron chi connectivity index (χ3n) is 2.86. The van der Waals surface area contributed by atoms with Crippen LogP contribution >= 0.6 is 0 Å². The highest BCUT2D eigenvalue weighted by Gasteiger charge is 2.15. The van der Waals surface area contributed by atoms with E-state index in [2.05, 4.69) is 5.10 Å². The summed E-state index contributed by atoms with van der Waals surface area (Å²) in [6, 6.07) is 10.5. The predicted octanol–water partition coefficient (Wildman–Crippen LogP) is 3.07. The van der Waals surface area contributed by atoms with E-state index in [-0.39, 0.29) is 11.5 Å². The molecule has 0 saturated carbocycles. The lowest BCUT2D eigenvalue weighted by atomic mass is 10.2. The molecule has 5 nitrogen and oxygen atoms in total. The number of nitro benzene ring substituents is 1. The molecule has 0 unspecified atom stereocenters. The van der Waals surface area contributed by atoms with Crippen LogP contribution in [0.5, 0.6) is 0 Å². The van der Waals surface area contributed by atoms with Gasteiger partial charge in [-0.05, 0) is 30.3 Å². The molecule has 3 rings (SSSR count). The Morgan fingerprint density at radius 1 is 1.16 bits per heavy atom. The first-order valence-electron chi connectivity index (χ1n) is 5.54. The maximum Gasteiger partial charge on any atom is 0.280 e. The molecule has 1 heterocycles. The van der Waals surface area contributed by atoms with Gasteiger partial charge in [-0.25, -0.2) is 9.07 Å². The molecule has 0 saturated heterocycles. The van der Waals surface area contributed by atoms with Gasteiger partial charge in [-0.1, -0.05) is 6.07 Å². The minimum Gasteiger partial charge on any atom is -0.258 e. The van der Waals surface area contributed by atoms with Crippen LogP contribution in [-0.4, -0.2) is 14.7 Å². The molecule has 19 heavy (non-hydrogen) atoms. The third-order valence-corrected chi connectivity index (χ3v) is 2.86. The topological polar surface area (TPSA) is 61.0 Å². The monoisotopic (exact) mass is 257 g/mol. The van der Waals surface area contributed by atoms with Crippen molar-refractivity contribution in [3.05, 3.63) is 64.6 Å². The summed E-state index contributed by atoms with van der Waals surface area (Å²) in [5, 5.41) is 15.5. The van der Waals surface area contributed by atoms with Crippen molar-refractivity contribution in [3.63, 3.8) is 0 Å². The molecular formula is C13H8FN3O2. The predicted molar refractivity (Wildman–Crippen MR) is 67.7 cm³/mol. The summed E-state index contributed by atoms with van der Waals surface area (Å²) < 4.78 is 14.4. The Morgan fingerprint density at radius 2 is 1.89 bits per heavy atom. The average molecular weight is 257 g/mol. The Balaban J connectivity index is 2.24. The third kappa shape index (κ3) is 1.83. The van der Waals surface area contributed by atoms with Gasteiger partial charge < -0.3 is 0 Å². The highest BCUT2D eigenvalue weighted by atomic mass is 19.1. The molecule has 0 aliphatic heterocycles. The Kier molecular flexibility index (Phi) is 2.49. The molecule has 2 aromatic carbocycles. The molecule has 0 fully saturated rings. The summed E-state index contributed by atoms with van der Waals surface area (Å²) in [6.45, 7) is 0. The summed E-state index contributed by atoms with van der Waals surface area (Å²) in [4.78, 5) is 10.5. The van der Waals surface area contributed by atoms with Gasteiger partial charge in [0.1, 0.15) is 5.82 Å². The van der Waals surface area contributed by atoms with Crippen molar-refractivity contribution in [1.29, 1.82) is 0 Å². The lowest BCUT2D eigenvalue weighted by Crippen LogP contribution is -1.96. The number of nitrogens with zero attached hydrogens (tertiary/aromatic N) is 3. The molecule has 0 amide bonds. The van der Waals surface area contributed by atoms with Gasteiger partial charge >= 0.3 is 0 Å². The number of fused-ring (bicyclic) bond motifs is 1. The van der Waals surface area contributed by atoms with Crippen molar-refractivity contribution in [2.24, 2.45) is 0 Å². The van der Waals surface area contributed by atoms with E-state index >= 15 is 0 Å². The zero-order chi connectivity index (χ0) is 13.4. The molecule has 1 aromatic heterocycles. The van der Waals surface area contributed by atoms with Crippen LogP contribution in [0.3, 0.4) is 0 Å². The Labute approximate surface area is 107 Å². The Bertz CT molecular complexity index is 765. The fourth-order valence-corrected chi connectivity index (χ4v) is 1.98. The molecule has 6 heteroatoms. The second-order valence-electron chi connectivity index (χ2n) is 4.00. The van der Waals surface area contributed by atoms with E-state index < -0.39 is 4.92 Å². The second kappa shape index (κ2) is 4.16. The maximum absolute atomic E-state index is 12.9. The lowest BCUT2D eigenvalue weighted by molar-refractivity contribution is -0.383. The van der Waals surface area contributed by atoms with E-state index in [1.807, 2.05) is 0 Å². The zero-order valence-corrected chi connectivity index (χ0v) is 9.65. The maximum atomic E-state index is 12.9. The fraction of sp³-hybridized carbons (Fsp3) is 0. The summed E-state index contributed by atoms with van der Waals surface area (Å²) in [5.74, 6) is -0.341. The molecule has 0 aliphatic carbocycles. The quantitative estimate of drug-likeness (QED) is 0.523. The Morgan fingerprint density at radius 3 is 2.58 bits per heavy atom. The second-order valence-corrected chi connectivity index (χ2v) is 4.00. The molecule has 94 valence electrons. The van der Waals surface area contributed by atoms with E-state index in [4.69, 9.17) is 0 Å².